The third-order valence-electron chi connectivity index (χ3n) is 11.1. The molecule has 2 aromatic rings. The van der Waals surface area contributed by atoms with Crippen molar-refractivity contribution >= 4 is 42.0 Å². The largest absolute Gasteiger partial charge is 0.379 e. The van der Waals surface area contributed by atoms with Gasteiger partial charge in [0.15, 0.2) is 5.78 Å². The van der Waals surface area contributed by atoms with Gasteiger partial charge in [0.1, 0.15) is 0 Å². The van der Waals surface area contributed by atoms with Crippen molar-refractivity contribution in [1.82, 2.24) is 19.6 Å². The summed E-state index contributed by atoms with van der Waals surface area (Å²) in [6, 6.07) is 14.9. The smallest absolute Gasteiger partial charge is 0.197 e. The zero-order valence-electron chi connectivity index (χ0n) is 28.4. The van der Waals surface area contributed by atoms with Crippen LogP contribution in [0.25, 0.3) is 0 Å². The van der Waals surface area contributed by atoms with E-state index in [4.69, 9.17) is 9.47 Å². The second-order valence-electron chi connectivity index (χ2n) is 14.3. The van der Waals surface area contributed by atoms with Gasteiger partial charge in [0, 0.05) is 126 Å². The first kappa shape index (κ1) is 35.9. The highest BCUT2D eigenvalue weighted by molar-refractivity contribution is 6.15. The number of rotatable bonds is 10. The number of halogens is 2. The van der Waals surface area contributed by atoms with Crippen LogP contribution in [0, 0.1) is 0 Å². The van der Waals surface area contributed by atoms with Crippen molar-refractivity contribution in [1.29, 1.82) is 0 Å². The minimum atomic E-state index is 0. The third-order valence-corrected chi connectivity index (χ3v) is 11.1. The Hall–Kier alpha value is -1.95. The molecular weight excluding hydrogens is 647 g/mol. The number of carbonyl (C=O) groups excluding carboxylic acids is 1. The van der Waals surface area contributed by atoms with Crippen molar-refractivity contribution in [2.45, 2.75) is 50.9 Å². The van der Waals surface area contributed by atoms with Crippen molar-refractivity contribution in [3.63, 3.8) is 0 Å². The predicted octanol–water partition coefficient (Wildman–Crippen LogP) is 3.99. The number of hydrogen-bond acceptors (Lipinski definition) is 9. The first-order valence-electron chi connectivity index (χ1n) is 18.1. The summed E-state index contributed by atoms with van der Waals surface area (Å²) in [6.07, 6.45) is 5.38. The summed E-state index contributed by atoms with van der Waals surface area (Å²) in [7, 11) is 0. The Labute approximate surface area is 299 Å². The molecule has 0 amide bonds. The highest BCUT2D eigenvalue weighted by Crippen LogP contribution is 2.35. The van der Waals surface area contributed by atoms with Gasteiger partial charge in [0.25, 0.3) is 0 Å². The zero-order valence-corrected chi connectivity index (χ0v) is 30.0. The zero-order chi connectivity index (χ0) is 30.9. The van der Waals surface area contributed by atoms with Crippen LogP contribution in [-0.4, -0.2) is 142 Å². The Kier molecular flexibility index (Phi) is 12.2. The van der Waals surface area contributed by atoms with Crippen LogP contribution in [0.1, 0.15) is 52.7 Å². The Morgan fingerprint density at radius 2 is 0.917 bits per heavy atom. The van der Waals surface area contributed by atoms with E-state index in [1.165, 1.54) is 36.8 Å². The molecule has 8 rings (SSSR count). The fourth-order valence-corrected chi connectivity index (χ4v) is 7.97. The highest BCUT2D eigenvalue weighted by Gasteiger charge is 2.34. The first-order valence-corrected chi connectivity index (χ1v) is 18.1. The van der Waals surface area contributed by atoms with E-state index in [9.17, 15) is 4.79 Å². The molecule has 4 aliphatic heterocycles. The van der Waals surface area contributed by atoms with Crippen LogP contribution in [0.4, 0.5) is 11.4 Å². The first-order chi connectivity index (χ1) is 22.7. The molecule has 0 radical (unpaired) electrons. The van der Waals surface area contributed by atoms with Crippen LogP contribution in [-0.2, 0) is 22.6 Å². The Bertz CT molecular complexity index is 1260. The molecule has 0 bridgehead atoms. The van der Waals surface area contributed by atoms with Gasteiger partial charge in [-0.15, -0.1) is 24.8 Å². The number of nitrogens with zero attached hydrogens (tertiary/aromatic N) is 6. The van der Waals surface area contributed by atoms with Gasteiger partial charge in [0.2, 0.25) is 0 Å². The topological polar surface area (TPSA) is 55.0 Å². The second kappa shape index (κ2) is 16.4. The molecule has 6 fully saturated rings. The Morgan fingerprint density at radius 1 is 0.542 bits per heavy atom. The minimum Gasteiger partial charge on any atom is -0.379 e. The van der Waals surface area contributed by atoms with E-state index < -0.39 is 0 Å². The van der Waals surface area contributed by atoms with Crippen LogP contribution in [0.5, 0.6) is 0 Å². The lowest BCUT2D eigenvalue weighted by Crippen LogP contribution is -2.48. The summed E-state index contributed by atoms with van der Waals surface area (Å²) < 4.78 is 11.2. The molecule has 264 valence electrons. The fraction of sp³-hybridized carbons (Fsp3) is 0.649. The van der Waals surface area contributed by atoms with Crippen molar-refractivity contribution in [3.05, 3.63) is 58.7 Å². The number of morpholine rings is 2. The maximum absolute atomic E-state index is 14.8. The summed E-state index contributed by atoms with van der Waals surface area (Å²) in [4.78, 5) is 30.1. The van der Waals surface area contributed by atoms with Crippen molar-refractivity contribution < 1.29 is 14.3 Å². The highest BCUT2D eigenvalue weighted by atomic mass is 35.5. The minimum absolute atomic E-state index is 0. The molecule has 0 aromatic heterocycles. The van der Waals surface area contributed by atoms with Crippen molar-refractivity contribution in [3.8, 4) is 0 Å². The summed E-state index contributed by atoms with van der Waals surface area (Å²) in [5.41, 5.74) is 6.51. The Balaban J connectivity index is 0.00000201. The lowest BCUT2D eigenvalue weighted by molar-refractivity contribution is 0.0341. The van der Waals surface area contributed by atoms with E-state index >= 15 is 0 Å². The molecule has 2 aliphatic carbocycles. The van der Waals surface area contributed by atoms with Crippen LogP contribution in [0.2, 0.25) is 0 Å². The maximum atomic E-state index is 14.8. The number of anilines is 2. The van der Waals surface area contributed by atoms with E-state index in [1.807, 2.05) is 0 Å². The average Bonchev–Trinajstić information content (AvgIpc) is 4.04. The molecule has 4 heterocycles. The van der Waals surface area contributed by atoms with E-state index in [0.29, 0.717) is 0 Å². The molecule has 0 spiro atoms. The maximum Gasteiger partial charge on any atom is 0.197 e. The predicted molar refractivity (Wildman–Crippen MR) is 197 cm³/mol. The van der Waals surface area contributed by atoms with Crippen LogP contribution >= 0.6 is 24.8 Å². The fourth-order valence-electron chi connectivity index (χ4n) is 7.97. The normalized spacial score (nSPS) is 23.4. The second-order valence-corrected chi connectivity index (χ2v) is 14.3. The number of piperazine rings is 2. The van der Waals surface area contributed by atoms with Crippen LogP contribution in [0.15, 0.2) is 36.4 Å². The molecule has 11 heteroatoms. The lowest BCUT2D eigenvalue weighted by atomic mass is 9.95. The number of ether oxygens (including phenoxy) is 2. The number of carbonyl (C=O) groups is 1. The van der Waals surface area contributed by atoms with Crippen molar-refractivity contribution in [2.24, 2.45) is 0 Å². The lowest BCUT2D eigenvalue weighted by Gasteiger charge is -2.38. The van der Waals surface area contributed by atoms with Gasteiger partial charge in [-0.25, -0.2) is 0 Å². The van der Waals surface area contributed by atoms with Gasteiger partial charge in [-0.1, -0.05) is 12.1 Å². The standard InChI is InChI=1S/C37H52N6O3.2ClH/c44-37(33-7-1-29(27-38-17-21-45-22-18-38)25-35(33)42-13-9-40(10-14-42)31-3-4-31)34-8-2-30(28-39-19-23-46-24-20-39)26-36(34)43-15-11-41(12-16-43)32-5-6-32;;/h1-2,7-8,25-26,31-32H,3-6,9-24,27-28H2;2*1H. The van der Waals surface area contributed by atoms with Gasteiger partial charge >= 0.3 is 0 Å². The summed E-state index contributed by atoms with van der Waals surface area (Å²) >= 11 is 0. The van der Waals surface area contributed by atoms with E-state index in [2.05, 4.69) is 65.8 Å². The van der Waals surface area contributed by atoms with Crippen LogP contribution in [0.3, 0.4) is 0 Å². The molecule has 2 aromatic carbocycles. The molecule has 2 saturated carbocycles. The molecular formula is C37H54Cl2N6O3. The molecule has 0 unspecified atom stereocenters. The van der Waals surface area contributed by atoms with E-state index in [-0.39, 0.29) is 30.6 Å². The van der Waals surface area contributed by atoms with E-state index in [0.717, 1.165) is 153 Å². The summed E-state index contributed by atoms with van der Waals surface area (Å²) in [6.45, 7) is 17.1. The quantitative estimate of drug-likeness (QED) is 0.343. The molecule has 9 nitrogen and oxygen atoms in total. The third kappa shape index (κ3) is 8.49. The Morgan fingerprint density at radius 3 is 1.27 bits per heavy atom. The number of benzene rings is 2. The average molecular weight is 702 g/mol. The summed E-state index contributed by atoms with van der Waals surface area (Å²) in [5, 5.41) is 0. The van der Waals surface area contributed by atoms with Crippen molar-refractivity contribution in [2.75, 3.05) is 115 Å². The molecule has 0 atom stereocenters. The molecule has 48 heavy (non-hydrogen) atoms. The van der Waals surface area contributed by atoms with Gasteiger partial charge in [-0.05, 0) is 61.1 Å². The van der Waals surface area contributed by atoms with Gasteiger partial charge in [-0.2, -0.15) is 0 Å². The van der Waals surface area contributed by atoms with E-state index in [1.54, 1.807) is 0 Å². The monoisotopic (exact) mass is 700 g/mol. The molecule has 4 saturated heterocycles. The number of hydrogen-bond donors (Lipinski definition) is 0. The van der Waals surface area contributed by atoms with Crippen LogP contribution < -0.4 is 9.80 Å². The molecule has 6 aliphatic rings. The van der Waals surface area contributed by atoms with Gasteiger partial charge < -0.3 is 19.3 Å². The molecule has 0 N–H and O–H groups in total. The van der Waals surface area contributed by atoms with Gasteiger partial charge in [0.05, 0.1) is 26.4 Å². The summed E-state index contributed by atoms with van der Waals surface area (Å²) in [5.74, 6) is 0.162. The van der Waals surface area contributed by atoms with Gasteiger partial charge in [-0.3, -0.25) is 24.4 Å². The SMILES string of the molecule is Cl.Cl.O=C(c1ccc(CN2CCOCC2)cc1N1CCN(C2CC2)CC1)c1ccc(CN2CCOCC2)cc1N1CCN(C2CC2)CC1. The number of ketones is 1.